The minimum absolute atomic E-state index is 0.553. The zero-order valence-corrected chi connectivity index (χ0v) is 7.76. The van der Waals surface area contributed by atoms with Crippen LogP contribution in [0.1, 0.15) is 5.56 Å². The van der Waals surface area contributed by atoms with Crippen LogP contribution < -0.4 is 0 Å². The Bertz CT molecular complexity index is 208. The second-order valence-corrected chi connectivity index (χ2v) is 3.35. The number of hydrogen-bond donors (Lipinski definition) is 1. The fourth-order valence-corrected chi connectivity index (χ4v) is 1.29. The van der Waals surface area contributed by atoms with Gasteiger partial charge in [0.2, 0.25) is 0 Å². The van der Waals surface area contributed by atoms with Gasteiger partial charge >= 0.3 is 0 Å². The van der Waals surface area contributed by atoms with Crippen LogP contribution in [0.25, 0.3) is 0 Å². The van der Waals surface area contributed by atoms with E-state index in [2.05, 4.69) is 12.6 Å². The molecule has 0 nitrogen and oxygen atoms in total. The monoisotopic (exact) mass is 192 g/mol. The molecule has 0 amide bonds. The average Bonchev–Trinajstić information content (AvgIpc) is 1.84. The normalized spacial score (nSPS) is 10.0. The topological polar surface area (TPSA) is 0 Å². The van der Waals surface area contributed by atoms with E-state index in [1.807, 2.05) is 6.92 Å². The van der Waals surface area contributed by atoms with E-state index in [1.165, 1.54) is 0 Å². The van der Waals surface area contributed by atoms with Crippen LogP contribution in [0.3, 0.4) is 0 Å². The zero-order valence-electron chi connectivity index (χ0n) is 5.36. The summed E-state index contributed by atoms with van der Waals surface area (Å²) in [6.45, 7) is 1.94. The standard InChI is InChI=1S/C7H6Cl2S/c1-4-2-5(8)6(9)3-7(4)10/h2-3,10H,1H3. The minimum atomic E-state index is 0.553. The molecule has 1 rings (SSSR count). The molecule has 1 aromatic rings. The summed E-state index contributed by atoms with van der Waals surface area (Å²) in [6.07, 6.45) is 0. The van der Waals surface area contributed by atoms with Crippen LogP contribution in [0.2, 0.25) is 10.0 Å². The average molecular weight is 193 g/mol. The van der Waals surface area contributed by atoms with E-state index in [1.54, 1.807) is 12.1 Å². The molecule has 0 fully saturated rings. The Kier molecular flexibility index (Phi) is 2.50. The van der Waals surface area contributed by atoms with Gasteiger partial charge in [-0.1, -0.05) is 23.2 Å². The Morgan fingerprint density at radius 2 is 1.70 bits per heavy atom. The third-order valence-corrected chi connectivity index (χ3v) is 2.44. The first-order chi connectivity index (χ1) is 4.61. The van der Waals surface area contributed by atoms with Gasteiger partial charge < -0.3 is 0 Å². The molecule has 0 unspecified atom stereocenters. The summed E-state index contributed by atoms with van der Waals surface area (Å²) >= 11 is 15.6. The van der Waals surface area contributed by atoms with Gasteiger partial charge in [-0.05, 0) is 24.6 Å². The summed E-state index contributed by atoms with van der Waals surface area (Å²) in [6, 6.07) is 3.54. The number of hydrogen-bond acceptors (Lipinski definition) is 1. The van der Waals surface area contributed by atoms with Crippen LogP contribution in [-0.4, -0.2) is 0 Å². The molecule has 0 spiro atoms. The van der Waals surface area contributed by atoms with E-state index in [4.69, 9.17) is 23.2 Å². The number of thiol groups is 1. The third kappa shape index (κ3) is 1.60. The maximum absolute atomic E-state index is 5.72. The van der Waals surface area contributed by atoms with E-state index in [-0.39, 0.29) is 0 Å². The van der Waals surface area contributed by atoms with Gasteiger partial charge in [0.25, 0.3) is 0 Å². The third-order valence-electron chi connectivity index (χ3n) is 1.24. The molecule has 0 saturated carbocycles. The van der Waals surface area contributed by atoms with Crippen LogP contribution in [0, 0.1) is 6.92 Å². The fraction of sp³-hybridized carbons (Fsp3) is 0.143. The molecule has 0 aliphatic heterocycles. The van der Waals surface area contributed by atoms with Gasteiger partial charge in [-0.25, -0.2) is 0 Å². The lowest BCUT2D eigenvalue weighted by Gasteiger charge is -2.00. The largest absolute Gasteiger partial charge is 0.143 e. The molecule has 0 N–H and O–H groups in total. The molecule has 0 heterocycles. The smallest absolute Gasteiger partial charge is 0.0603 e. The molecular formula is C7H6Cl2S. The second-order valence-electron chi connectivity index (χ2n) is 2.05. The molecule has 0 aliphatic carbocycles. The molecule has 0 aliphatic rings. The Balaban J connectivity index is 3.28. The predicted molar refractivity (Wildman–Crippen MR) is 48.5 cm³/mol. The number of aryl methyl sites for hydroxylation is 1. The first kappa shape index (κ1) is 8.25. The van der Waals surface area contributed by atoms with Crippen molar-refractivity contribution in [3.8, 4) is 0 Å². The Hall–Kier alpha value is 0.150. The summed E-state index contributed by atoms with van der Waals surface area (Å²) in [7, 11) is 0. The van der Waals surface area contributed by atoms with Gasteiger partial charge in [-0.3, -0.25) is 0 Å². The summed E-state index contributed by atoms with van der Waals surface area (Å²) in [5.74, 6) is 0. The highest BCUT2D eigenvalue weighted by atomic mass is 35.5. The lowest BCUT2D eigenvalue weighted by atomic mass is 10.2. The van der Waals surface area contributed by atoms with Crippen molar-refractivity contribution in [1.29, 1.82) is 0 Å². The first-order valence-electron chi connectivity index (χ1n) is 2.76. The van der Waals surface area contributed by atoms with Gasteiger partial charge in [-0.2, -0.15) is 0 Å². The molecule has 3 heteroatoms. The number of benzene rings is 1. The van der Waals surface area contributed by atoms with Crippen molar-refractivity contribution < 1.29 is 0 Å². The highest BCUT2D eigenvalue weighted by Gasteiger charge is 1.99. The molecule has 0 aromatic heterocycles. The van der Waals surface area contributed by atoms with Gasteiger partial charge in [0.1, 0.15) is 0 Å². The highest BCUT2D eigenvalue weighted by Crippen LogP contribution is 2.26. The SMILES string of the molecule is Cc1cc(Cl)c(Cl)cc1S. The minimum Gasteiger partial charge on any atom is -0.143 e. The predicted octanol–water partition coefficient (Wildman–Crippen LogP) is 3.59. The maximum atomic E-state index is 5.72. The van der Waals surface area contributed by atoms with Crippen LogP contribution in [0.4, 0.5) is 0 Å². The zero-order chi connectivity index (χ0) is 7.72. The number of halogens is 2. The van der Waals surface area contributed by atoms with Crippen molar-refractivity contribution in [2.45, 2.75) is 11.8 Å². The van der Waals surface area contributed by atoms with E-state index < -0.39 is 0 Å². The summed E-state index contributed by atoms with van der Waals surface area (Å²) < 4.78 is 0. The van der Waals surface area contributed by atoms with Crippen molar-refractivity contribution in [3.05, 3.63) is 27.7 Å². The van der Waals surface area contributed by atoms with Crippen LogP contribution in [-0.2, 0) is 0 Å². The van der Waals surface area contributed by atoms with E-state index >= 15 is 0 Å². The molecule has 10 heavy (non-hydrogen) atoms. The fourth-order valence-electron chi connectivity index (χ4n) is 0.636. The molecule has 54 valence electrons. The highest BCUT2D eigenvalue weighted by molar-refractivity contribution is 7.80. The van der Waals surface area contributed by atoms with Crippen molar-refractivity contribution in [1.82, 2.24) is 0 Å². The van der Waals surface area contributed by atoms with Crippen molar-refractivity contribution in [2.75, 3.05) is 0 Å². The summed E-state index contributed by atoms with van der Waals surface area (Å²) in [4.78, 5) is 0.870. The van der Waals surface area contributed by atoms with Crippen LogP contribution in [0.5, 0.6) is 0 Å². The van der Waals surface area contributed by atoms with E-state index in [9.17, 15) is 0 Å². The van der Waals surface area contributed by atoms with Crippen molar-refractivity contribution in [2.24, 2.45) is 0 Å². The molecule has 0 atom stereocenters. The van der Waals surface area contributed by atoms with Gasteiger partial charge in [0, 0.05) is 4.90 Å². The van der Waals surface area contributed by atoms with Crippen LogP contribution >= 0.6 is 35.8 Å². The van der Waals surface area contributed by atoms with Gasteiger partial charge in [0.15, 0.2) is 0 Å². The lowest BCUT2D eigenvalue weighted by Crippen LogP contribution is -1.76. The first-order valence-corrected chi connectivity index (χ1v) is 3.96. The molecule has 1 aromatic carbocycles. The maximum Gasteiger partial charge on any atom is 0.0603 e. The molecule has 0 bridgehead atoms. The quantitative estimate of drug-likeness (QED) is 0.598. The van der Waals surface area contributed by atoms with E-state index in [0.29, 0.717) is 10.0 Å². The summed E-state index contributed by atoms with van der Waals surface area (Å²) in [5, 5.41) is 1.13. The lowest BCUT2D eigenvalue weighted by molar-refractivity contribution is 1.31. The Morgan fingerprint density at radius 1 is 1.20 bits per heavy atom. The second kappa shape index (κ2) is 3.04. The molecular weight excluding hydrogens is 187 g/mol. The van der Waals surface area contributed by atoms with Crippen LogP contribution in [0.15, 0.2) is 17.0 Å². The van der Waals surface area contributed by atoms with E-state index in [0.717, 1.165) is 10.5 Å². The number of rotatable bonds is 0. The Morgan fingerprint density at radius 3 is 2.20 bits per heavy atom. The van der Waals surface area contributed by atoms with Crippen molar-refractivity contribution >= 4 is 35.8 Å². The molecule has 0 saturated heterocycles. The van der Waals surface area contributed by atoms with Crippen molar-refractivity contribution in [3.63, 3.8) is 0 Å². The Labute approximate surface area is 75.6 Å². The molecule has 0 radical (unpaired) electrons. The van der Waals surface area contributed by atoms with Gasteiger partial charge in [0.05, 0.1) is 10.0 Å². The van der Waals surface area contributed by atoms with Gasteiger partial charge in [-0.15, -0.1) is 12.6 Å². The summed E-state index contributed by atoms with van der Waals surface area (Å²) in [5.41, 5.74) is 1.04.